The topological polar surface area (TPSA) is 105 Å². The van der Waals surface area contributed by atoms with Gasteiger partial charge in [0.25, 0.3) is 5.91 Å². The number of morpholine rings is 1. The Morgan fingerprint density at radius 1 is 1.19 bits per heavy atom. The number of anilines is 1. The third kappa shape index (κ3) is 4.62. The van der Waals surface area contributed by atoms with E-state index in [2.05, 4.69) is 19.2 Å². The van der Waals surface area contributed by atoms with Gasteiger partial charge in [0, 0.05) is 19.1 Å². The molecule has 0 bridgehead atoms. The van der Waals surface area contributed by atoms with E-state index in [1.54, 1.807) is 6.07 Å². The summed E-state index contributed by atoms with van der Waals surface area (Å²) in [6.07, 6.45) is 3.15. The molecule has 0 radical (unpaired) electrons. The van der Waals surface area contributed by atoms with E-state index in [1.165, 1.54) is 21.3 Å². The molecule has 2 fully saturated rings. The first-order chi connectivity index (χ1) is 15.3. The Morgan fingerprint density at radius 3 is 2.69 bits per heavy atom. The molecule has 2 aliphatic heterocycles. The third-order valence-electron chi connectivity index (χ3n) is 6.84. The van der Waals surface area contributed by atoms with E-state index in [0.717, 1.165) is 19.3 Å². The molecule has 3 aliphatic rings. The lowest BCUT2D eigenvalue weighted by molar-refractivity contribution is -0.126. The fourth-order valence-corrected chi connectivity index (χ4v) is 6.06. The maximum Gasteiger partial charge on any atom is 0.265 e. The van der Waals surface area contributed by atoms with Crippen LogP contribution in [-0.2, 0) is 24.3 Å². The van der Waals surface area contributed by atoms with Crippen LogP contribution >= 0.6 is 0 Å². The average molecular weight is 466 g/mol. The van der Waals surface area contributed by atoms with Gasteiger partial charge in [-0.05, 0) is 36.5 Å². The minimum atomic E-state index is -3.74. The number of ether oxygens (including phenoxy) is 2. The second-order valence-electron chi connectivity index (χ2n) is 8.86. The second-order valence-corrected chi connectivity index (χ2v) is 10.8. The summed E-state index contributed by atoms with van der Waals surface area (Å²) in [5.74, 6) is 0.661. The Kier molecular flexibility index (Phi) is 6.73. The van der Waals surface area contributed by atoms with Gasteiger partial charge in [0.15, 0.2) is 6.61 Å². The summed E-state index contributed by atoms with van der Waals surface area (Å²) in [7, 11) is -3.74. The van der Waals surface area contributed by atoms with Crippen LogP contribution in [0.25, 0.3) is 0 Å². The van der Waals surface area contributed by atoms with Crippen LogP contribution in [0.1, 0.15) is 33.1 Å². The number of hydrogen-bond acceptors (Lipinski definition) is 6. The predicted octanol–water partition coefficient (Wildman–Crippen LogP) is 1.37. The number of amides is 2. The first kappa shape index (κ1) is 23.0. The van der Waals surface area contributed by atoms with Crippen LogP contribution in [0.5, 0.6) is 5.75 Å². The molecule has 0 unspecified atom stereocenters. The van der Waals surface area contributed by atoms with Crippen molar-refractivity contribution in [1.82, 2.24) is 9.62 Å². The number of benzene rings is 1. The number of sulfonamides is 1. The molecule has 9 nitrogen and oxygen atoms in total. The number of rotatable bonds is 5. The summed E-state index contributed by atoms with van der Waals surface area (Å²) in [6, 6.07) is 4.53. The monoisotopic (exact) mass is 465 g/mol. The number of carbonyl (C=O) groups is 2. The number of hydrogen-bond donors (Lipinski definition) is 1. The van der Waals surface area contributed by atoms with Gasteiger partial charge in [-0.25, -0.2) is 8.42 Å². The molecule has 1 aromatic rings. The van der Waals surface area contributed by atoms with Crippen molar-refractivity contribution in [3.63, 3.8) is 0 Å². The van der Waals surface area contributed by atoms with Gasteiger partial charge in [-0.2, -0.15) is 4.31 Å². The average Bonchev–Trinajstić information content (AvgIpc) is 2.79. The Balaban J connectivity index is 1.54. The molecule has 1 N–H and O–H groups in total. The summed E-state index contributed by atoms with van der Waals surface area (Å²) < 4.78 is 38.2. The van der Waals surface area contributed by atoms with Crippen molar-refractivity contribution >= 4 is 27.5 Å². The highest BCUT2D eigenvalue weighted by Crippen LogP contribution is 2.35. The zero-order chi connectivity index (χ0) is 22.9. The van der Waals surface area contributed by atoms with Crippen LogP contribution in [0.15, 0.2) is 23.1 Å². The number of nitrogens with one attached hydrogen (secondary N) is 1. The van der Waals surface area contributed by atoms with Crippen LogP contribution in [-0.4, -0.2) is 70.0 Å². The standard InChI is InChI=1S/C22H31N3O6S/c1-15-4-3-5-18(16(15)2)23-21(26)13-25-19-12-17(6-7-20(19)31-14-22(25)27)32(28,29)24-8-10-30-11-9-24/h6-7,12,15-16,18H,3-5,8-11,13-14H2,1-2H3,(H,23,26)/t15-,16+,18+/m1/s1. The zero-order valence-electron chi connectivity index (χ0n) is 18.6. The molecule has 1 saturated carbocycles. The van der Waals surface area contributed by atoms with Gasteiger partial charge in [-0.3, -0.25) is 14.5 Å². The van der Waals surface area contributed by atoms with Gasteiger partial charge in [0.05, 0.1) is 23.8 Å². The van der Waals surface area contributed by atoms with Crippen LogP contribution in [0, 0.1) is 11.8 Å². The van der Waals surface area contributed by atoms with Crippen molar-refractivity contribution in [2.45, 2.75) is 44.0 Å². The highest BCUT2D eigenvalue weighted by atomic mass is 32.2. The fraction of sp³-hybridized carbons (Fsp3) is 0.636. The molecular weight excluding hydrogens is 434 g/mol. The summed E-state index contributed by atoms with van der Waals surface area (Å²) in [5, 5.41) is 3.08. The van der Waals surface area contributed by atoms with Gasteiger partial charge in [-0.1, -0.05) is 26.7 Å². The van der Waals surface area contributed by atoms with Crippen molar-refractivity contribution in [2.75, 3.05) is 44.4 Å². The van der Waals surface area contributed by atoms with Gasteiger partial charge < -0.3 is 14.8 Å². The molecule has 32 heavy (non-hydrogen) atoms. The van der Waals surface area contributed by atoms with Crippen molar-refractivity contribution in [2.24, 2.45) is 11.8 Å². The molecule has 3 atom stereocenters. The van der Waals surface area contributed by atoms with Crippen molar-refractivity contribution in [3.05, 3.63) is 18.2 Å². The molecular formula is C22H31N3O6S. The van der Waals surface area contributed by atoms with Gasteiger partial charge in [-0.15, -0.1) is 0 Å². The lowest BCUT2D eigenvalue weighted by Gasteiger charge is -2.35. The molecule has 1 aromatic carbocycles. The van der Waals surface area contributed by atoms with Crippen molar-refractivity contribution in [3.8, 4) is 5.75 Å². The minimum Gasteiger partial charge on any atom is -0.482 e. The largest absolute Gasteiger partial charge is 0.482 e. The first-order valence-corrected chi connectivity index (χ1v) is 12.7. The normalized spacial score (nSPS) is 26.9. The first-order valence-electron chi connectivity index (χ1n) is 11.2. The minimum absolute atomic E-state index is 0.0663. The van der Waals surface area contributed by atoms with E-state index in [-0.39, 0.29) is 49.0 Å². The Bertz CT molecular complexity index is 976. The van der Waals surface area contributed by atoms with E-state index < -0.39 is 10.0 Å². The molecule has 2 amide bonds. The molecule has 4 rings (SSSR count). The predicted molar refractivity (Wildman–Crippen MR) is 118 cm³/mol. The Hall–Kier alpha value is -2.17. The molecule has 10 heteroatoms. The van der Waals surface area contributed by atoms with Crippen LogP contribution < -0.4 is 15.0 Å². The van der Waals surface area contributed by atoms with Crippen LogP contribution in [0.3, 0.4) is 0 Å². The number of fused-ring (bicyclic) bond motifs is 1. The Morgan fingerprint density at radius 2 is 1.94 bits per heavy atom. The van der Waals surface area contributed by atoms with Crippen LogP contribution in [0.2, 0.25) is 0 Å². The summed E-state index contributed by atoms with van der Waals surface area (Å²) in [5.41, 5.74) is 0.302. The molecule has 176 valence electrons. The highest BCUT2D eigenvalue weighted by Gasteiger charge is 2.33. The lowest BCUT2D eigenvalue weighted by Crippen LogP contribution is -2.50. The maximum absolute atomic E-state index is 13.1. The van der Waals surface area contributed by atoms with E-state index in [1.807, 2.05) is 0 Å². The van der Waals surface area contributed by atoms with Gasteiger partial charge in [0.2, 0.25) is 15.9 Å². The quantitative estimate of drug-likeness (QED) is 0.704. The zero-order valence-corrected chi connectivity index (χ0v) is 19.4. The highest BCUT2D eigenvalue weighted by molar-refractivity contribution is 7.89. The van der Waals surface area contributed by atoms with E-state index in [0.29, 0.717) is 36.5 Å². The number of carbonyl (C=O) groups excluding carboxylic acids is 2. The van der Waals surface area contributed by atoms with Gasteiger partial charge >= 0.3 is 0 Å². The molecule has 0 spiro atoms. The smallest absolute Gasteiger partial charge is 0.265 e. The fourth-order valence-electron chi connectivity index (χ4n) is 4.63. The van der Waals surface area contributed by atoms with E-state index >= 15 is 0 Å². The maximum atomic E-state index is 13.1. The summed E-state index contributed by atoms with van der Waals surface area (Å²) >= 11 is 0. The van der Waals surface area contributed by atoms with Gasteiger partial charge in [0.1, 0.15) is 12.3 Å². The lowest BCUT2D eigenvalue weighted by atomic mass is 9.78. The number of nitrogens with zero attached hydrogens (tertiary/aromatic N) is 2. The summed E-state index contributed by atoms with van der Waals surface area (Å²) in [6.45, 7) is 5.22. The van der Waals surface area contributed by atoms with E-state index in [9.17, 15) is 18.0 Å². The second kappa shape index (κ2) is 9.36. The third-order valence-corrected chi connectivity index (χ3v) is 8.73. The Labute approximate surface area is 189 Å². The van der Waals surface area contributed by atoms with E-state index in [4.69, 9.17) is 9.47 Å². The molecule has 1 aliphatic carbocycles. The van der Waals surface area contributed by atoms with Crippen LogP contribution in [0.4, 0.5) is 5.69 Å². The summed E-state index contributed by atoms with van der Waals surface area (Å²) in [4.78, 5) is 26.8. The molecule has 2 heterocycles. The van der Waals surface area contributed by atoms with Crippen molar-refractivity contribution in [1.29, 1.82) is 0 Å². The molecule has 1 saturated heterocycles. The SMILES string of the molecule is C[C@H]1[C@H](C)CCC[C@@H]1NC(=O)CN1C(=O)COc2ccc(S(=O)(=O)N3CCOCC3)cc21. The molecule has 0 aromatic heterocycles. The van der Waals surface area contributed by atoms with Crippen molar-refractivity contribution < 1.29 is 27.5 Å².